The zero-order chi connectivity index (χ0) is 17.6. The summed E-state index contributed by atoms with van der Waals surface area (Å²) in [5, 5.41) is 7.10. The number of aryl methyl sites for hydroxylation is 1. The molecule has 0 aliphatic heterocycles. The largest absolute Gasteiger partial charge is 0.348 e. The van der Waals surface area contributed by atoms with Crippen molar-refractivity contribution in [2.75, 3.05) is 0 Å². The van der Waals surface area contributed by atoms with E-state index >= 15 is 0 Å². The lowest BCUT2D eigenvalue weighted by Gasteiger charge is -2.10. The molecule has 0 aliphatic rings. The summed E-state index contributed by atoms with van der Waals surface area (Å²) in [6.45, 7) is 2.10. The molecule has 0 unspecified atom stereocenters. The van der Waals surface area contributed by atoms with Crippen molar-refractivity contribution in [3.05, 3.63) is 87.4 Å². The topological polar surface area (TPSA) is 29.1 Å². The molecular formula is C20H18FNOS2. The van der Waals surface area contributed by atoms with Crippen LogP contribution in [0.15, 0.2) is 64.2 Å². The number of carbonyl (C=O) groups excluding carboxylic acids is 1. The molecule has 5 heteroatoms. The molecule has 0 atom stereocenters. The minimum atomic E-state index is -0.231. The first-order valence-corrected chi connectivity index (χ1v) is 9.82. The maximum absolute atomic E-state index is 13.3. The van der Waals surface area contributed by atoms with Gasteiger partial charge in [0, 0.05) is 17.2 Å². The average molecular weight is 372 g/mol. The van der Waals surface area contributed by atoms with Crippen LogP contribution >= 0.6 is 23.1 Å². The highest BCUT2D eigenvalue weighted by atomic mass is 32.2. The van der Waals surface area contributed by atoms with E-state index in [1.165, 1.54) is 11.6 Å². The zero-order valence-corrected chi connectivity index (χ0v) is 15.4. The molecular weight excluding hydrogens is 353 g/mol. The second kappa shape index (κ2) is 8.32. The van der Waals surface area contributed by atoms with E-state index in [0.717, 1.165) is 16.2 Å². The van der Waals surface area contributed by atoms with E-state index in [1.54, 1.807) is 42.2 Å². The fourth-order valence-corrected chi connectivity index (χ4v) is 4.18. The Bertz CT molecular complexity index is 862. The first-order valence-electron chi connectivity index (χ1n) is 7.89. The first-order chi connectivity index (χ1) is 12.1. The van der Waals surface area contributed by atoms with E-state index in [9.17, 15) is 9.18 Å². The highest BCUT2D eigenvalue weighted by Crippen LogP contribution is 2.27. The van der Waals surface area contributed by atoms with Crippen LogP contribution in [0.1, 0.15) is 27.0 Å². The minimum Gasteiger partial charge on any atom is -0.348 e. The van der Waals surface area contributed by atoms with E-state index < -0.39 is 0 Å². The van der Waals surface area contributed by atoms with Crippen molar-refractivity contribution in [1.82, 2.24) is 5.32 Å². The SMILES string of the molecule is Cc1cc(CNC(=O)c2ccccc2SCc2ccsc2)ccc1F. The molecule has 3 aromatic rings. The van der Waals surface area contributed by atoms with Crippen LogP contribution < -0.4 is 5.32 Å². The van der Waals surface area contributed by atoms with Gasteiger partial charge >= 0.3 is 0 Å². The summed E-state index contributed by atoms with van der Waals surface area (Å²) in [6, 6.07) is 14.6. The molecule has 25 heavy (non-hydrogen) atoms. The van der Waals surface area contributed by atoms with Crippen molar-refractivity contribution in [1.29, 1.82) is 0 Å². The molecule has 1 aromatic heterocycles. The van der Waals surface area contributed by atoms with Gasteiger partial charge in [-0.2, -0.15) is 11.3 Å². The van der Waals surface area contributed by atoms with Crippen molar-refractivity contribution in [2.45, 2.75) is 24.1 Å². The van der Waals surface area contributed by atoms with Crippen LogP contribution in [0.2, 0.25) is 0 Å². The molecule has 0 spiro atoms. The Labute approximate surface area is 155 Å². The van der Waals surface area contributed by atoms with Gasteiger partial charge in [-0.15, -0.1) is 11.8 Å². The van der Waals surface area contributed by atoms with E-state index in [0.29, 0.717) is 17.7 Å². The normalized spacial score (nSPS) is 10.6. The molecule has 0 fully saturated rings. The van der Waals surface area contributed by atoms with Gasteiger partial charge in [0.1, 0.15) is 5.82 Å². The van der Waals surface area contributed by atoms with Crippen LogP contribution in [0.4, 0.5) is 4.39 Å². The van der Waals surface area contributed by atoms with E-state index in [-0.39, 0.29) is 11.7 Å². The predicted molar refractivity (Wildman–Crippen MR) is 103 cm³/mol. The first kappa shape index (κ1) is 17.7. The Morgan fingerprint density at radius 1 is 1.16 bits per heavy atom. The van der Waals surface area contributed by atoms with Gasteiger partial charge in [-0.1, -0.05) is 24.3 Å². The van der Waals surface area contributed by atoms with Crippen LogP contribution in [0.3, 0.4) is 0 Å². The standard InChI is InChI=1S/C20H18FNOS2/c1-14-10-15(6-7-18(14)21)11-22-20(23)17-4-2-3-5-19(17)25-13-16-8-9-24-12-16/h2-10,12H,11,13H2,1H3,(H,22,23). The summed E-state index contributed by atoms with van der Waals surface area (Å²) in [5.74, 6) is 0.492. The Balaban J connectivity index is 1.66. The Hall–Kier alpha value is -2.11. The molecule has 3 rings (SSSR count). The van der Waals surface area contributed by atoms with E-state index in [1.807, 2.05) is 24.3 Å². The smallest absolute Gasteiger partial charge is 0.252 e. The Morgan fingerprint density at radius 3 is 2.76 bits per heavy atom. The molecule has 0 radical (unpaired) electrons. The molecule has 1 amide bonds. The second-order valence-corrected chi connectivity index (χ2v) is 7.48. The second-order valence-electron chi connectivity index (χ2n) is 5.68. The van der Waals surface area contributed by atoms with Crippen molar-refractivity contribution in [3.63, 3.8) is 0 Å². The molecule has 128 valence electrons. The number of amides is 1. The van der Waals surface area contributed by atoms with Crippen LogP contribution in [0.25, 0.3) is 0 Å². The number of carbonyl (C=O) groups is 1. The average Bonchev–Trinajstić information content (AvgIpc) is 3.14. The lowest BCUT2D eigenvalue weighted by molar-refractivity contribution is 0.0948. The van der Waals surface area contributed by atoms with Gasteiger partial charge in [0.2, 0.25) is 0 Å². The van der Waals surface area contributed by atoms with Crippen molar-refractivity contribution < 1.29 is 9.18 Å². The fourth-order valence-electron chi connectivity index (χ4n) is 2.41. The maximum Gasteiger partial charge on any atom is 0.252 e. The van der Waals surface area contributed by atoms with E-state index in [4.69, 9.17) is 0 Å². The fraction of sp³-hybridized carbons (Fsp3) is 0.150. The summed E-state index contributed by atoms with van der Waals surface area (Å²) >= 11 is 3.33. The maximum atomic E-state index is 13.3. The molecule has 2 aromatic carbocycles. The van der Waals surface area contributed by atoms with Gasteiger partial charge < -0.3 is 5.32 Å². The van der Waals surface area contributed by atoms with Crippen molar-refractivity contribution in [2.24, 2.45) is 0 Å². The highest BCUT2D eigenvalue weighted by Gasteiger charge is 2.11. The third kappa shape index (κ3) is 4.71. The van der Waals surface area contributed by atoms with Crippen LogP contribution in [0, 0.1) is 12.7 Å². The summed E-state index contributed by atoms with van der Waals surface area (Å²) in [4.78, 5) is 13.5. The minimum absolute atomic E-state index is 0.115. The van der Waals surface area contributed by atoms with Gasteiger partial charge in [0.15, 0.2) is 0 Å². The number of hydrogen-bond donors (Lipinski definition) is 1. The van der Waals surface area contributed by atoms with Crippen LogP contribution in [0.5, 0.6) is 0 Å². The quantitative estimate of drug-likeness (QED) is 0.586. The molecule has 0 saturated carbocycles. The van der Waals surface area contributed by atoms with Gasteiger partial charge in [0.05, 0.1) is 5.56 Å². The number of halogens is 1. The van der Waals surface area contributed by atoms with Crippen molar-refractivity contribution in [3.8, 4) is 0 Å². The molecule has 0 aliphatic carbocycles. The summed E-state index contributed by atoms with van der Waals surface area (Å²) in [5.41, 5.74) is 3.39. The Morgan fingerprint density at radius 2 is 2.00 bits per heavy atom. The number of hydrogen-bond acceptors (Lipinski definition) is 3. The number of thiophene rings is 1. The summed E-state index contributed by atoms with van der Waals surface area (Å²) < 4.78 is 13.3. The third-order valence-electron chi connectivity index (χ3n) is 3.78. The van der Waals surface area contributed by atoms with Gasteiger partial charge in [-0.25, -0.2) is 4.39 Å². The molecule has 2 nitrogen and oxygen atoms in total. The number of thioether (sulfide) groups is 1. The van der Waals surface area contributed by atoms with Crippen LogP contribution in [-0.4, -0.2) is 5.91 Å². The number of rotatable bonds is 6. The van der Waals surface area contributed by atoms with Crippen LogP contribution in [-0.2, 0) is 12.3 Å². The van der Waals surface area contributed by atoms with E-state index in [2.05, 4.69) is 22.1 Å². The molecule has 1 heterocycles. The van der Waals surface area contributed by atoms with Gasteiger partial charge in [-0.05, 0) is 58.6 Å². The lowest BCUT2D eigenvalue weighted by Crippen LogP contribution is -2.23. The Kier molecular flexibility index (Phi) is 5.89. The number of benzene rings is 2. The summed E-state index contributed by atoms with van der Waals surface area (Å²) in [7, 11) is 0. The molecule has 1 N–H and O–H groups in total. The number of nitrogens with one attached hydrogen (secondary N) is 1. The van der Waals surface area contributed by atoms with Gasteiger partial charge in [0.25, 0.3) is 5.91 Å². The lowest BCUT2D eigenvalue weighted by atomic mass is 10.1. The predicted octanol–water partition coefficient (Wildman–Crippen LogP) is 5.42. The third-order valence-corrected chi connectivity index (χ3v) is 5.66. The van der Waals surface area contributed by atoms with Gasteiger partial charge in [-0.3, -0.25) is 4.79 Å². The van der Waals surface area contributed by atoms with Crippen molar-refractivity contribution >= 4 is 29.0 Å². The molecule has 0 bridgehead atoms. The highest BCUT2D eigenvalue weighted by molar-refractivity contribution is 7.98. The zero-order valence-electron chi connectivity index (χ0n) is 13.8. The monoisotopic (exact) mass is 371 g/mol. The molecule has 0 saturated heterocycles. The summed E-state index contributed by atoms with van der Waals surface area (Å²) in [6.07, 6.45) is 0.